The molecule has 0 unspecified atom stereocenters. The number of ether oxygens (including phenoxy) is 3. The topological polar surface area (TPSA) is 74.2 Å². The van der Waals surface area contributed by atoms with Gasteiger partial charge in [0.2, 0.25) is 5.90 Å². The smallest absolute Gasteiger partial charge is 0.363 e. The zero-order valence-electron chi connectivity index (χ0n) is 16.7. The molecule has 1 aliphatic rings. The van der Waals surface area contributed by atoms with E-state index in [0.717, 1.165) is 8.04 Å². The number of cyclic esters (lactones) is 1. The van der Waals surface area contributed by atoms with E-state index >= 15 is 0 Å². The standard InChI is InChI=1S/C24H15BrINO5/c1-30-21-12-14(7-10-20(21)31-23(28)15-5-3-2-4-6-15)11-19-24(29)32-22(27-19)16-8-9-18(26)17(25)13-16/h2-13H,1H3/b19-11-. The van der Waals surface area contributed by atoms with Gasteiger partial charge in [-0.3, -0.25) is 0 Å². The Morgan fingerprint density at radius 2 is 1.84 bits per heavy atom. The van der Waals surface area contributed by atoms with E-state index in [1.165, 1.54) is 7.11 Å². The van der Waals surface area contributed by atoms with Crippen LogP contribution in [-0.2, 0) is 9.53 Å². The van der Waals surface area contributed by atoms with Crippen LogP contribution >= 0.6 is 38.5 Å². The number of hydrogen-bond acceptors (Lipinski definition) is 6. The van der Waals surface area contributed by atoms with Gasteiger partial charge in [-0.1, -0.05) is 24.3 Å². The molecule has 0 aromatic heterocycles. The average molecular weight is 604 g/mol. The minimum atomic E-state index is -0.548. The van der Waals surface area contributed by atoms with Crippen LogP contribution in [0.1, 0.15) is 21.5 Å². The fourth-order valence-corrected chi connectivity index (χ4v) is 3.63. The molecule has 0 N–H and O–H groups in total. The lowest BCUT2D eigenvalue weighted by atomic mass is 10.1. The molecule has 0 aliphatic carbocycles. The summed E-state index contributed by atoms with van der Waals surface area (Å²) in [5, 5.41) is 0. The molecule has 3 aromatic rings. The summed E-state index contributed by atoms with van der Waals surface area (Å²) in [4.78, 5) is 29.0. The van der Waals surface area contributed by atoms with Crippen molar-refractivity contribution in [3.63, 3.8) is 0 Å². The summed E-state index contributed by atoms with van der Waals surface area (Å²) in [5.41, 5.74) is 1.92. The Bertz CT molecular complexity index is 1270. The highest BCUT2D eigenvalue weighted by molar-refractivity contribution is 14.1. The van der Waals surface area contributed by atoms with Crippen LogP contribution in [0.15, 0.2) is 81.9 Å². The number of halogens is 2. The van der Waals surface area contributed by atoms with Crippen molar-refractivity contribution in [1.29, 1.82) is 0 Å². The molecule has 0 radical (unpaired) electrons. The minimum absolute atomic E-state index is 0.158. The van der Waals surface area contributed by atoms with E-state index in [1.807, 2.05) is 24.3 Å². The van der Waals surface area contributed by atoms with Crippen molar-refractivity contribution < 1.29 is 23.8 Å². The molecule has 0 bridgehead atoms. The molecular weight excluding hydrogens is 589 g/mol. The second kappa shape index (κ2) is 9.66. The monoisotopic (exact) mass is 603 g/mol. The second-order valence-corrected chi connectivity index (χ2v) is 8.65. The minimum Gasteiger partial charge on any atom is -0.493 e. The van der Waals surface area contributed by atoms with E-state index in [4.69, 9.17) is 14.2 Å². The lowest BCUT2D eigenvalue weighted by Crippen LogP contribution is -2.09. The summed E-state index contributed by atoms with van der Waals surface area (Å²) in [7, 11) is 1.47. The highest BCUT2D eigenvalue weighted by Crippen LogP contribution is 2.31. The molecule has 1 aliphatic heterocycles. The number of esters is 2. The lowest BCUT2D eigenvalue weighted by molar-refractivity contribution is -0.129. The third kappa shape index (κ3) is 4.91. The molecular formula is C24H15BrINO5. The molecule has 1 heterocycles. The molecule has 0 spiro atoms. The van der Waals surface area contributed by atoms with E-state index in [2.05, 4.69) is 43.5 Å². The number of hydrogen-bond donors (Lipinski definition) is 0. The molecule has 32 heavy (non-hydrogen) atoms. The van der Waals surface area contributed by atoms with Gasteiger partial charge in [0, 0.05) is 13.6 Å². The molecule has 0 saturated heterocycles. The second-order valence-electron chi connectivity index (χ2n) is 6.63. The van der Waals surface area contributed by atoms with Crippen LogP contribution in [0.25, 0.3) is 6.08 Å². The first-order chi connectivity index (χ1) is 15.4. The molecule has 160 valence electrons. The zero-order chi connectivity index (χ0) is 22.7. The average Bonchev–Trinajstić information content (AvgIpc) is 3.17. The normalized spacial score (nSPS) is 14.2. The Kier molecular flexibility index (Phi) is 6.71. The number of nitrogens with zero attached hydrogens (tertiary/aromatic N) is 1. The van der Waals surface area contributed by atoms with Crippen LogP contribution in [0.4, 0.5) is 0 Å². The van der Waals surface area contributed by atoms with Gasteiger partial charge in [0.05, 0.1) is 12.7 Å². The van der Waals surface area contributed by atoms with E-state index < -0.39 is 11.9 Å². The van der Waals surface area contributed by atoms with Crippen molar-refractivity contribution in [2.24, 2.45) is 4.99 Å². The largest absolute Gasteiger partial charge is 0.493 e. The summed E-state index contributed by atoms with van der Waals surface area (Å²) in [6.45, 7) is 0. The fraction of sp³-hybridized carbons (Fsp3) is 0.0417. The van der Waals surface area contributed by atoms with Gasteiger partial charge in [-0.05, 0) is 92.6 Å². The van der Waals surface area contributed by atoms with Crippen LogP contribution in [0, 0.1) is 3.57 Å². The van der Waals surface area contributed by atoms with Crippen molar-refractivity contribution >= 4 is 62.4 Å². The molecule has 6 nitrogen and oxygen atoms in total. The number of methoxy groups -OCH3 is 1. The third-order valence-corrected chi connectivity index (χ3v) is 6.83. The number of carbonyl (C=O) groups excluding carboxylic acids is 2. The molecule has 3 aromatic carbocycles. The Balaban J connectivity index is 1.58. The predicted molar refractivity (Wildman–Crippen MR) is 132 cm³/mol. The molecule has 0 amide bonds. The predicted octanol–water partition coefficient (Wildman–Crippen LogP) is 5.63. The van der Waals surface area contributed by atoms with Crippen molar-refractivity contribution in [2.45, 2.75) is 0 Å². The van der Waals surface area contributed by atoms with Gasteiger partial charge >= 0.3 is 11.9 Å². The van der Waals surface area contributed by atoms with Gasteiger partial charge < -0.3 is 14.2 Å². The summed E-state index contributed by atoms with van der Waals surface area (Å²) in [6, 6.07) is 19.2. The summed E-state index contributed by atoms with van der Waals surface area (Å²) in [6.07, 6.45) is 1.59. The van der Waals surface area contributed by atoms with E-state index in [-0.39, 0.29) is 17.3 Å². The van der Waals surface area contributed by atoms with Crippen LogP contribution < -0.4 is 9.47 Å². The van der Waals surface area contributed by atoms with E-state index in [9.17, 15) is 9.59 Å². The van der Waals surface area contributed by atoms with Crippen LogP contribution in [-0.4, -0.2) is 24.9 Å². The Morgan fingerprint density at radius 3 is 2.56 bits per heavy atom. The molecule has 8 heteroatoms. The van der Waals surface area contributed by atoms with Crippen LogP contribution in [0.2, 0.25) is 0 Å². The molecule has 0 atom stereocenters. The van der Waals surface area contributed by atoms with Crippen LogP contribution in [0.3, 0.4) is 0 Å². The number of benzene rings is 3. The van der Waals surface area contributed by atoms with Crippen LogP contribution in [0.5, 0.6) is 11.5 Å². The maximum atomic E-state index is 12.3. The maximum Gasteiger partial charge on any atom is 0.363 e. The number of rotatable bonds is 5. The molecule has 0 saturated carbocycles. The first-order valence-corrected chi connectivity index (χ1v) is 11.2. The highest BCUT2D eigenvalue weighted by atomic mass is 127. The number of carbonyl (C=O) groups is 2. The van der Waals surface area contributed by atoms with Gasteiger partial charge in [-0.25, -0.2) is 14.6 Å². The number of aliphatic imine (C=N–C) groups is 1. The SMILES string of the molecule is COc1cc(/C=C2\N=C(c3ccc(I)c(Br)c3)OC2=O)ccc1OC(=O)c1ccccc1. The van der Waals surface area contributed by atoms with Crippen molar-refractivity contribution in [3.05, 3.63) is 97.2 Å². The fourth-order valence-electron chi connectivity index (χ4n) is 2.91. The molecule has 4 rings (SSSR count). The first-order valence-electron chi connectivity index (χ1n) is 9.38. The van der Waals surface area contributed by atoms with Gasteiger partial charge in [-0.15, -0.1) is 0 Å². The van der Waals surface area contributed by atoms with Gasteiger partial charge in [0.1, 0.15) is 0 Å². The Hall–Kier alpha value is -2.98. The van der Waals surface area contributed by atoms with Gasteiger partial charge in [-0.2, -0.15) is 0 Å². The lowest BCUT2D eigenvalue weighted by Gasteiger charge is -2.10. The van der Waals surface area contributed by atoms with Crippen molar-refractivity contribution in [1.82, 2.24) is 0 Å². The first kappa shape index (κ1) is 22.2. The van der Waals surface area contributed by atoms with E-state index in [0.29, 0.717) is 22.4 Å². The highest BCUT2D eigenvalue weighted by Gasteiger charge is 2.24. The summed E-state index contributed by atoms with van der Waals surface area (Å²) < 4.78 is 18.1. The third-order valence-electron chi connectivity index (χ3n) is 4.49. The Morgan fingerprint density at radius 1 is 1.06 bits per heavy atom. The van der Waals surface area contributed by atoms with Crippen molar-refractivity contribution in [3.8, 4) is 11.5 Å². The van der Waals surface area contributed by atoms with Crippen molar-refractivity contribution in [2.75, 3.05) is 7.11 Å². The maximum absolute atomic E-state index is 12.3. The summed E-state index contributed by atoms with van der Waals surface area (Å²) in [5.74, 6) is -0.189. The quantitative estimate of drug-likeness (QED) is 0.164. The van der Waals surface area contributed by atoms with Gasteiger partial charge in [0.15, 0.2) is 17.2 Å². The Labute approximate surface area is 206 Å². The molecule has 0 fully saturated rings. The summed E-state index contributed by atoms with van der Waals surface area (Å²) >= 11 is 5.66. The zero-order valence-corrected chi connectivity index (χ0v) is 20.4. The van der Waals surface area contributed by atoms with E-state index in [1.54, 1.807) is 48.5 Å². The van der Waals surface area contributed by atoms with Gasteiger partial charge in [0.25, 0.3) is 0 Å².